The Kier molecular flexibility index (Phi) is 3.10. The number of rotatable bonds is 3. The topological polar surface area (TPSA) is 99.5 Å². The SMILES string of the molecule is CCC(C(=O)O)C1=Nc2c(Cl)ncnc2NN1. The van der Waals surface area contributed by atoms with Crippen LogP contribution >= 0.6 is 11.6 Å². The Morgan fingerprint density at radius 2 is 2.29 bits per heavy atom. The normalized spacial score (nSPS) is 15.1. The van der Waals surface area contributed by atoms with E-state index in [2.05, 4.69) is 25.8 Å². The van der Waals surface area contributed by atoms with Gasteiger partial charge in [0.2, 0.25) is 0 Å². The molecule has 7 nitrogen and oxygen atoms in total. The number of hydrogen-bond acceptors (Lipinski definition) is 6. The first-order valence-electron chi connectivity index (χ1n) is 4.97. The minimum atomic E-state index is -0.947. The summed E-state index contributed by atoms with van der Waals surface area (Å²) >= 11 is 5.86. The van der Waals surface area contributed by atoms with Crippen molar-refractivity contribution in [1.82, 2.24) is 15.4 Å². The van der Waals surface area contributed by atoms with Gasteiger partial charge in [-0.15, -0.1) is 0 Å². The van der Waals surface area contributed by atoms with Gasteiger partial charge in [-0.25, -0.2) is 15.0 Å². The summed E-state index contributed by atoms with van der Waals surface area (Å²) in [5, 5.41) is 9.21. The van der Waals surface area contributed by atoms with E-state index in [9.17, 15) is 4.79 Å². The molecule has 1 aromatic heterocycles. The van der Waals surface area contributed by atoms with Gasteiger partial charge in [-0.2, -0.15) is 0 Å². The van der Waals surface area contributed by atoms with Gasteiger partial charge in [0.25, 0.3) is 0 Å². The lowest BCUT2D eigenvalue weighted by atomic mass is 10.1. The number of hydrazine groups is 1. The van der Waals surface area contributed by atoms with Crippen LogP contribution in [0.4, 0.5) is 11.5 Å². The number of hydrogen-bond donors (Lipinski definition) is 3. The summed E-state index contributed by atoms with van der Waals surface area (Å²) in [5.74, 6) is -0.943. The first-order chi connectivity index (χ1) is 8.13. The molecule has 1 aliphatic rings. The fourth-order valence-electron chi connectivity index (χ4n) is 1.47. The van der Waals surface area contributed by atoms with Crippen LogP contribution < -0.4 is 10.9 Å². The molecule has 0 spiro atoms. The number of aliphatic carboxylic acids is 1. The van der Waals surface area contributed by atoms with Crippen molar-refractivity contribution < 1.29 is 9.90 Å². The molecule has 0 fully saturated rings. The van der Waals surface area contributed by atoms with Crippen LogP contribution in [-0.2, 0) is 4.79 Å². The number of nitrogens with one attached hydrogen (secondary N) is 2. The molecule has 1 aromatic rings. The summed E-state index contributed by atoms with van der Waals surface area (Å²) in [4.78, 5) is 22.9. The Balaban J connectivity index is 2.41. The summed E-state index contributed by atoms with van der Waals surface area (Å²) in [6, 6.07) is 0. The molecule has 0 aliphatic carbocycles. The minimum absolute atomic E-state index is 0.182. The molecule has 0 saturated heterocycles. The van der Waals surface area contributed by atoms with Crippen LogP contribution in [0.25, 0.3) is 0 Å². The average molecular weight is 256 g/mol. The highest BCUT2D eigenvalue weighted by Crippen LogP contribution is 2.31. The monoisotopic (exact) mass is 255 g/mol. The van der Waals surface area contributed by atoms with E-state index in [4.69, 9.17) is 16.7 Å². The van der Waals surface area contributed by atoms with Crippen LogP contribution in [0.2, 0.25) is 5.15 Å². The van der Waals surface area contributed by atoms with E-state index in [1.165, 1.54) is 6.33 Å². The van der Waals surface area contributed by atoms with E-state index < -0.39 is 11.9 Å². The van der Waals surface area contributed by atoms with Gasteiger partial charge >= 0.3 is 5.97 Å². The third-order valence-corrected chi connectivity index (χ3v) is 2.63. The Bertz CT molecular complexity index is 490. The number of aliphatic imine (C=N–C) groups is 1. The molecule has 3 N–H and O–H groups in total. The van der Waals surface area contributed by atoms with Gasteiger partial charge in [-0.05, 0) is 6.42 Å². The Morgan fingerprint density at radius 1 is 1.53 bits per heavy atom. The van der Waals surface area contributed by atoms with Crippen molar-refractivity contribution in [2.24, 2.45) is 10.9 Å². The van der Waals surface area contributed by atoms with Gasteiger partial charge in [0, 0.05) is 0 Å². The van der Waals surface area contributed by atoms with E-state index in [1.807, 2.05) is 0 Å². The van der Waals surface area contributed by atoms with Crippen molar-refractivity contribution >= 4 is 34.9 Å². The molecule has 1 unspecified atom stereocenters. The van der Waals surface area contributed by atoms with E-state index in [-0.39, 0.29) is 5.15 Å². The molecule has 1 atom stereocenters. The fourth-order valence-corrected chi connectivity index (χ4v) is 1.64. The van der Waals surface area contributed by atoms with Crippen molar-refractivity contribution in [3.8, 4) is 0 Å². The number of carboxylic acids is 1. The molecule has 0 amide bonds. The number of aromatic nitrogens is 2. The van der Waals surface area contributed by atoms with Crippen LogP contribution in [-0.4, -0.2) is 26.9 Å². The van der Waals surface area contributed by atoms with Crippen LogP contribution in [0.3, 0.4) is 0 Å². The van der Waals surface area contributed by atoms with Gasteiger partial charge < -0.3 is 5.11 Å². The molecule has 0 aromatic carbocycles. The first-order valence-corrected chi connectivity index (χ1v) is 5.35. The second-order valence-electron chi connectivity index (χ2n) is 3.41. The Hall–Kier alpha value is -1.89. The highest BCUT2D eigenvalue weighted by molar-refractivity contribution is 6.32. The molecule has 90 valence electrons. The summed E-state index contributed by atoms with van der Waals surface area (Å²) in [7, 11) is 0. The fraction of sp³-hybridized carbons (Fsp3) is 0.333. The highest BCUT2D eigenvalue weighted by Gasteiger charge is 2.26. The second-order valence-corrected chi connectivity index (χ2v) is 3.77. The van der Waals surface area contributed by atoms with Crippen LogP contribution in [0, 0.1) is 5.92 Å². The number of nitrogens with zero attached hydrogens (tertiary/aromatic N) is 3. The van der Waals surface area contributed by atoms with Crippen LogP contribution in [0.15, 0.2) is 11.3 Å². The number of anilines is 1. The van der Waals surface area contributed by atoms with Gasteiger partial charge in [0.15, 0.2) is 11.0 Å². The number of fused-ring (bicyclic) bond motifs is 1. The predicted octanol–water partition coefficient (Wildman–Crippen LogP) is 1.20. The zero-order valence-corrected chi connectivity index (χ0v) is 9.69. The van der Waals surface area contributed by atoms with Crippen molar-refractivity contribution in [1.29, 1.82) is 0 Å². The van der Waals surface area contributed by atoms with Crippen molar-refractivity contribution in [3.05, 3.63) is 11.5 Å². The third kappa shape index (κ3) is 2.14. The largest absolute Gasteiger partial charge is 0.481 e. The number of halogens is 1. The average Bonchev–Trinajstić information content (AvgIpc) is 2.30. The van der Waals surface area contributed by atoms with E-state index in [1.54, 1.807) is 6.92 Å². The van der Waals surface area contributed by atoms with Gasteiger partial charge in [0.05, 0.1) is 0 Å². The van der Waals surface area contributed by atoms with Gasteiger partial charge in [-0.3, -0.25) is 15.6 Å². The summed E-state index contributed by atoms with van der Waals surface area (Å²) in [6.45, 7) is 1.77. The van der Waals surface area contributed by atoms with E-state index >= 15 is 0 Å². The second kappa shape index (κ2) is 4.54. The van der Waals surface area contributed by atoms with Crippen LogP contribution in [0.5, 0.6) is 0 Å². The highest BCUT2D eigenvalue weighted by atomic mass is 35.5. The zero-order valence-electron chi connectivity index (χ0n) is 8.94. The number of carbonyl (C=O) groups is 1. The lowest BCUT2D eigenvalue weighted by Crippen LogP contribution is -2.40. The lowest BCUT2D eigenvalue weighted by Gasteiger charge is -2.21. The zero-order chi connectivity index (χ0) is 12.4. The van der Waals surface area contributed by atoms with E-state index in [0.29, 0.717) is 23.8 Å². The van der Waals surface area contributed by atoms with Gasteiger partial charge in [0.1, 0.15) is 23.8 Å². The molecule has 2 heterocycles. The molecular formula is C9H10ClN5O2. The van der Waals surface area contributed by atoms with Crippen molar-refractivity contribution in [2.45, 2.75) is 13.3 Å². The molecule has 17 heavy (non-hydrogen) atoms. The molecule has 0 saturated carbocycles. The molecule has 0 bridgehead atoms. The van der Waals surface area contributed by atoms with Crippen LogP contribution in [0.1, 0.15) is 13.3 Å². The number of amidine groups is 1. The molecule has 0 radical (unpaired) electrons. The quantitative estimate of drug-likeness (QED) is 0.702. The first kappa shape index (κ1) is 11.6. The standard InChI is InChI=1S/C9H10ClN5O2/c1-2-4(9(16)17)7-13-5-6(10)11-3-12-8(5)15-14-7/h3-4H,2H2,1H3,(H,13,14)(H,16,17)(H,11,12,15). The maximum absolute atomic E-state index is 11.0. The van der Waals surface area contributed by atoms with E-state index in [0.717, 1.165) is 0 Å². The summed E-state index contributed by atoms with van der Waals surface area (Å²) in [6.07, 6.45) is 1.72. The van der Waals surface area contributed by atoms with Gasteiger partial charge in [-0.1, -0.05) is 18.5 Å². The molecule has 8 heteroatoms. The molecular weight excluding hydrogens is 246 g/mol. The van der Waals surface area contributed by atoms with Crippen molar-refractivity contribution in [2.75, 3.05) is 5.43 Å². The predicted molar refractivity (Wildman–Crippen MR) is 62.3 cm³/mol. The third-order valence-electron chi connectivity index (χ3n) is 2.36. The smallest absolute Gasteiger partial charge is 0.314 e. The van der Waals surface area contributed by atoms with Crippen molar-refractivity contribution in [3.63, 3.8) is 0 Å². The molecule has 2 rings (SSSR count). The summed E-state index contributed by atoms with van der Waals surface area (Å²) < 4.78 is 0. The lowest BCUT2D eigenvalue weighted by molar-refractivity contribution is -0.139. The summed E-state index contributed by atoms with van der Waals surface area (Å²) in [5.41, 5.74) is 5.80. The Morgan fingerprint density at radius 3 is 2.94 bits per heavy atom. The molecule has 1 aliphatic heterocycles. The maximum atomic E-state index is 11.0. The maximum Gasteiger partial charge on any atom is 0.314 e. The minimum Gasteiger partial charge on any atom is -0.481 e. The number of carboxylic acid groups (broad SMARTS) is 1. The Labute approximate surface area is 102 Å².